The maximum Gasteiger partial charge on any atom is 0.471 e. The fourth-order valence-electron chi connectivity index (χ4n) is 1.33. The van der Waals surface area contributed by atoms with E-state index in [4.69, 9.17) is 11.6 Å². The average molecular weight is 288 g/mol. The number of hydrogen-bond donors (Lipinski definition) is 1. The Morgan fingerprint density at radius 1 is 1.33 bits per heavy atom. The second-order valence-corrected chi connectivity index (χ2v) is 4.27. The van der Waals surface area contributed by atoms with Crippen molar-refractivity contribution in [2.75, 3.05) is 7.11 Å². The van der Waals surface area contributed by atoms with Crippen LogP contribution in [0.1, 0.15) is 13.8 Å². The number of ether oxygens (including phenoxy) is 1. The average Bonchev–Trinajstić information content (AvgIpc) is 2.21. The monoisotopic (exact) mass is 287 g/mol. The van der Waals surface area contributed by atoms with Crippen LogP contribution in [0.2, 0.25) is 0 Å². The van der Waals surface area contributed by atoms with Gasteiger partial charge in [0.25, 0.3) is 0 Å². The summed E-state index contributed by atoms with van der Waals surface area (Å²) in [5.41, 5.74) is -2.12. The van der Waals surface area contributed by atoms with Crippen LogP contribution in [0, 0.1) is 5.92 Å². The van der Waals surface area contributed by atoms with Crippen LogP contribution in [0.4, 0.5) is 13.2 Å². The largest absolute Gasteiger partial charge is 0.471 e. The molecule has 0 spiro atoms. The zero-order valence-electron chi connectivity index (χ0n) is 10.0. The normalized spacial score (nSPS) is 14.9. The molecule has 0 saturated heterocycles. The van der Waals surface area contributed by atoms with Gasteiger partial charge in [0.15, 0.2) is 5.54 Å². The summed E-state index contributed by atoms with van der Waals surface area (Å²) in [5, 5.41) is 1.09. The Morgan fingerprint density at radius 3 is 2.00 bits per heavy atom. The Labute approximate surface area is 107 Å². The molecule has 104 valence electrons. The highest BCUT2D eigenvalue weighted by Crippen LogP contribution is 2.31. The van der Waals surface area contributed by atoms with E-state index in [1.54, 1.807) is 5.32 Å². The number of esters is 1. The summed E-state index contributed by atoms with van der Waals surface area (Å²) in [7, 11) is 0.971. The van der Waals surface area contributed by atoms with Gasteiger partial charge in [0, 0.05) is 5.03 Å². The Bertz CT molecular complexity index is 368. The molecule has 0 aliphatic rings. The molecule has 1 amide bonds. The molecule has 18 heavy (non-hydrogen) atoms. The lowest BCUT2D eigenvalue weighted by atomic mass is 9.86. The fourth-order valence-corrected chi connectivity index (χ4v) is 1.68. The lowest BCUT2D eigenvalue weighted by molar-refractivity contribution is -0.178. The fraction of sp³-hybridized carbons (Fsp3) is 0.600. The van der Waals surface area contributed by atoms with Crippen molar-refractivity contribution in [3.05, 3.63) is 11.6 Å². The summed E-state index contributed by atoms with van der Waals surface area (Å²) in [4.78, 5) is 22.6. The number of rotatable bonds is 4. The third-order valence-corrected chi connectivity index (χ3v) is 2.67. The highest BCUT2D eigenvalue weighted by molar-refractivity contribution is 6.32. The molecule has 0 fully saturated rings. The van der Waals surface area contributed by atoms with Crippen molar-refractivity contribution in [1.82, 2.24) is 5.32 Å². The van der Waals surface area contributed by atoms with E-state index in [1.165, 1.54) is 13.8 Å². The predicted octanol–water partition coefficient (Wildman–Crippen LogP) is 1.99. The Hall–Kier alpha value is -1.24. The first kappa shape index (κ1) is 16.8. The number of methoxy groups -OCH3 is 1. The van der Waals surface area contributed by atoms with Crippen LogP contribution in [0.3, 0.4) is 0 Å². The van der Waals surface area contributed by atoms with Gasteiger partial charge in [-0.3, -0.25) is 4.79 Å². The summed E-state index contributed by atoms with van der Waals surface area (Å²) >= 11 is 5.59. The summed E-state index contributed by atoms with van der Waals surface area (Å²) in [6.45, 7) is 6.04. The minimum Gasteiger partial charge on any atom is -0.467 e. The minimum atomic E-state index is -5.14. The van der Waals surface area contributed by atoms with Crippen LogP contribution in [0.25, 0.3) is 0 Å². The molecule has 0 radical (unpaired) electrons. The summed E-state index contributed by atoms with van der Waals surface area (Å²) in [6.07, 6.45) is -5.14. The van der Waals surface area contributed by atoms with Gasteiger partial charge in [-0.25, -0.2) is 4.79 Å². The van der Waals surface area contributed by atoms with E-state index in [0.29, 0.717) is 0 Å². The molecule has 0 heterocycles. The second kappa shape index (κ2) is 5.60. The maximum absolute atomic E-state index is 12.2. The Kier molecular flexibility index (Phi) is 5.21. The topological polar surface area (TPSA) is 55.4 Å². The molecule has 1 N–H and O–H groups in total. The van der Waals surface area contributed by atoms with Gasteiger partial charge in [-0.15, -0.1) is 0 Å². The summed E-state index contributed by atoms with van der Waals surface area (Å²) in [6, 6.07) is 0. The van der Waals surface area contributed by atoms with E-state index >= 15 is 0 Å². The van der Waals surface area contributed by atoms with Gasteiger partial charge in [0.1, 0.15) is 0 Å². The van der Waals surface area contributed by atoms with Gasteiger partial charge in [0.05, 0.1) is 7.11 Å². The highest BCUT2D eigenvalue weighted by Gasteiger charge is 2.51. The van der Waals surface area contributed by atoms with E-state index in [9.17, 15) is 22.8 Å². The van der Waals surface area contributed by atoms with Crippen LogP contribution >= 0.6 is 11.6 Å². The van der Waals surface area contributed by atoms with E-state index in [1.807, 2.05) is 0 Å². The van der Waals surface area contributed by atoms with Gasteiger partial charge in [-0.05, 0) is 5.92 Å². The molecule has 0 aromatic rings. The molecule has 0 aliphatic carbocycles. The smallest absolute Gasteiger partial charge is 0.467 e. The third-order valence-electron chi connectivity index (χ3n) is 2.37. The van der Waals surface area contributed by atoms with E-state index in [2.05, 4.69) is 11.3 Å². The molecule has 1 atom stereocenters. The Balaban J connectivity index is 5.55. The van der Waals surface area contributed by atoms with Gasteiger partial charge < -0.3 is 10.1 Å². The van der Waals surface area contributed by atoms with Gasteiger partial charge in [-0.2, -0.15) is 13.2 Å². The van der Waals surface area contributed by atoms with Crippen LogP contribution in [0.5, 0.6) is 0 Å². The number of hydrogen-bond acceptors (Lipinski definition) is 3. The van der Waals surface area contributed by atoms with Gasteiger partial charge >= 0.3 is 18.1 Å². The highest BCUT2D eigenvalue weighted by atomic mass is 35.5. The van der Waals surface area contributed by atoms with Gasteiger partial charge in [0.2, 0.25) is 0 Å². The second-order valence-electron chi connectivity index (χ2n) is 3.81. The van der Waals surface area contributed by atoms with Crippen molar-refractivity contribution in [3.63, 3.8) is 0 Å². The predicted molar refractivity (Wildman–Crippen MR) is 58.8 cm³/mol. The molecule has 0 unspecified atom stereocenters. The van der Waals surface area contributed by atoms with Crippen LogP contribution < -0.4 is 5.32 Å². The molecule has 0 bridgehead atoms. The van der Waals surface area contributed by atoms with Gasteiger partial charge in [-0.1, -0.05) is 32.0 Å². The zero-order valence-corrected chi connectivity index (χ0v) is 10.8. The number of nitrogens with one attached hydrogen (secondary N) is 1. The lowest BCUT2D eigenvalue weighted by Gasteiger charge is -2.34. The van der Waals surface area contributed by atoms with E-state index < -0.39 is 34.5 Å². The number of amides is 1. The van der Waals surface area contributed by atoms with Crippen molar-refractivity contribution in [2.24, 2.45) is 5.92 Å². The molecule has 4 nitrogen and oxygen atoms in total. The first-order valence-electron chi connectivity index (χ1n) is 4.82. The first-order valence-corrected chi connectivity index (χ1v) is 5.20. The van der Waals surface area contributed by atoms with Crippen molar-refractivity contribution in [2.45, 2.75) is 25.6 Å². The van der Waals surface area contributed by atoms with E-state index in [-0.39, 0.29) is 0 Å². The zero-order chi connectivity index (χ0) is 14.7. The quantitative estimate of drug-likeness (QED) is 0.805. The number of carbonyl (C=O) groups is 2. The molecule has 0 aromatic heterocycles. The third kappa shape index (κ3) is 3.16. The summed E-state index contributed by atoms with van der Waals surface area (Å²) < 4.78 is 41.1. The summed E-state index contributed by atoms with van der Waals surface area (Å²) in [5.74, 6) is -4.18. The first-order chi connectivity index (χ1) is 8.00. The molecule has 0 aromatic carbocycles. The molecule has 0 aliphatic heterocycles. The molecular weight excluding hydrogens is 275 g/mol. The van der Waals surface area contributed by atoms with Crippen molar-refractivity contribution < 1.29 is 27.5 Å². The van der Waals surface area contributed by atoms with Crippen LogP contribution in [0.15, 0.2) is 11.6 Å². The number of halogens is 4. The van der Waals surface area contributed by atoms with E-state index in [0.717, 1.165) is 7.11 Å². The lowest BCUT2D eigenvalue weighted by Crippen LogP contribution is -2.61. The van der Waals surface area contributed by atoms with Crippen molar-refractivity contribution in [1.29, 1.82) is 0 Å². The molecule has 0 saturated carbocycles. The standard InChI is InChI=1S/C10H13ClF3NO3/c1-5(2)9(6(3)11,8(17)18-4)15-7(16)10(12,13)14/h5H,3H2,1-2,4H3,(H,15,16)/t9-/m0/s1. The van der Waals surface area contributed by atoms with Crippen LogP contribution in [-0.4, -0.2) is 30.7 Å². The molecule has 8 heteroatoms. The number of carbonyl (C=O) groups excluding carboxylic acids is 2. The molecular formula is C10H13ClF3NO3. The number of alkyl halides is 3. The van der Waals surface area contributed by atoms with Crippen LogP contribution in [-0.2, 0) is 14.3 Å². The SMILES string of the molecule is C=C(Cl)[C@](NC(=O)C(F)(F)F)(C(=O)OC)C(C)C. The van der Waals surface area contributed by atoms with Crippen molar-refractivity contribution >= 4 is 23.5 Å². The minimum absolute atomic E-state index is 0.457. The van der Waals surface area contributed by atoms with Crippen molar-refractivity contribution in [3.8, 4) is 0 Å². The maximum atomic E-state index is 12.2. The molecule has 0 rings (SSSR count). The Morgan fingerprint density at radius 2 is 1.78 bits per heavy atom.